The number of aliphatic hydroxyl groups excluding tert-OH is 1. The van der Waals surface area contributed by atoms with E-state index in [1.54, 1.807) is 19.4 Å². The van der Waals surface area contributed by atoms with Crippen molar-refractivity contribution in [2.45, 2.75) is 13.5 Å². The van der Waals surface area contributed by atoms with Crippen molar-refractivity contribution in [3.05, 3.63) is 47.7 Å². The predicted octanol–water partition coefficient (Wildman–Crippen LogP) is 2.38. The van der Waals surface area contributed by atoms with Crippen LogP contribution in [0.25, 0.3) is 0 Å². The van der Waals surface area contributed by atoms with Gasteiger partial charge < -0.3 is 19.9 Å². The molecule has 0 saturated heterocycles. The molecule has 2 N–H and O–H groups in total. The first-order valence-electron chi connectivity index (χ1n) is 6.80. The fourth-order valence-electron chi connectivity index (χ4n) is 1.90. The molecule has 0 saturated carbocycles. The summed E-state index contributed by atoms with van der Waals surface area (Å²) >= 11 is 0. The minimum absolute atomic E-state index is 0.0169. The topological polar surface area (TPSA) is 63.6 Å². The molecule has 0 radical (unpaired) electrons. The lowest BCUT2D eigenvalue weighted by Crippen LogP contribution is -2.04. The summed E-state index contributed by atoms with van der Waals surface area (Å²) in [5.74, 6) is 1.40. The van der Waals surface area contributed by atoms with Crippen molar-refractivity contribution in [1.29, 1.82) is 0 Å². The van der Waals surface area contributed by atoms with E-state index in [9.17, 15) is 0 Å². The first kappa shape index (κ1) is 15.1. The molecule has 2 rings (SSSR count). The Morgan fingerprint density at radius 3 is 2.76 bits per heavy atom. The number of hydrogen-bond acceptors (Lipinski definition) is 5. The Kier molecular flexibility index (Phi) is 5.40. The van der Waals surface area contributed by atoms with E-state index < -0.39 is 0 Å². The number of pyridine rings is 1. The number of aliphatic hydroxyl groups is 1. The quantitative estimate of drug-likeness (QED) is 0.819. The van der Waals surface area contributed by atoms with Crippen molar-refractivity contribution < 1.29 is 14.6 Å². The monoisotopic (exact) mass is 288 g/mol. The third-order valence-electron chi connectivity index (χ3n) is 3.05. The molecule has 0 bridgehead atoms. The number of methoxy groups -OCH3 is 1. The number of aryl methyl sites for hydroxylation is 1. The minimum atomic E-state index is -0.0169. The smallest absolute Gasteiger partial charge is 0.213 e. The van der Waals surface area contributed by atoms with Crippen molar-refractivity contribution in [2.24, 2.45) is 0 Å². The molecule has 0 fully saturated rings. The molecule has 0 aliphatic rings. The molecule has 21 heavy (non-hydrogen) atoms. The standard InChI is InChI=1S/C16H20N2O3/c1-12-3-4-13(9-15(12)20-2)10-17-14-5-6-16(18-11-14)21-8-7-19/h3-6,9,11,17,19H,7-8,10H2,1-2H3. The summed E-state index contributed by atoms with van der Waals surface area (Å²) in [6.45, 7) is 2.94. The van der Waals surface area contributed by atoms with Crippen LogP contribution in [0.5, 0.6) is 11.6 Å². The summed E-state index contributed by atoms with van der Waals surface area (Å²) in [6, 6.07) is 9.80. The fraction of sp³-hybridized carbons (Fsp3) is 0.312. The first-order valence-corrected chi connectivity index (χ1v) is 6.80. The lowest BCUT2D eigenvalue weighted by Gasteiger charge is -2.10. The molecule has 1 heterocycles. The van der Waals surface area contributed by atoms with E-state index in [-0.39, 0.29) is 13.2 Å². The van der Waals surface area contributed by atoms with Gasteiger partial charge in [-0.05, 0) is 30.2 Å². The molecule has 1 aromatic carbocycles. The average Bonchev–Trinajstić information content (AvgIpc) is 2.53. The summed E-state index contributed by atoms with van der Waals surface area (Å²) in [6.07, 6.45) is 1.71. The second-order valence-electron chi connectivity index (χ2n) is 4.61. The van der Waals surface area contributed by atoms with E-state index in [1.807, 2.05) is 25.1 Å². The highest BCUT2D eigenvalue weighted by Crippen LogP contribution is 2.20. The number of nitrogens with one attached hydrogen (secondary N) is 1. The molecule has 0 aliphatic carbocycles. The molecule has 5 heteroatoms. The zero-order valence-corrected chi connectivity index (χ0v) is 12.3. The fourth-order valence-corrected chi connectivity index (χ4v) is 1.90. The molecule has 112 valence electrons. The molecule has 2 aromatic rings. The molecule has 5 nitrogen and oxygen atoms in total. The van der Waals surface area contributed by atoms with E-state index >= 15 is 0 Å². The highest BCUT2D eigenvalue weighted by atomic mass is 16.5. The third-order valence-corrected chi connectivity index (χ3v) is 3.05. The van der Waals surface area contributed by atoms with Crippen LogP contribution in [0.2, 0.25) is 0 Å². The van der Waals surface area contributed by atoms with E-state index in [2.05, 4.69) is 16.4 Å². The summed E-state index contributed by atoms with van der Waals surface area (Å²) < 4.78 is 10.5. The Bertz CT molecular complexity index is 570. The SMILES string of the molecule is COc1cc(CNc2ccc(OCCO)nc2)ccc1C. The molecular weight excluding hydrogens is 268 g/mol. The highest BCUT2D eigenvalue weighted by molar-refractivity contribution is 5.44. The number of hydrogen-bond donors (Lipinski definition) is 2. The number of ether oxygens (including phenoxy) is 2. The predicted molar refractivity (Wildman–Crippen MR) is 81.9 cm³/mol. The molecular formula is C16H20N2O3. The second kappa shape index (κ2) is 7.50. The van der Waals surface area contributed by atoms with Gasteiger partial charge in [-0.15, -0.1) is 0 Å². The molecule has 1 aromatic heterocycles. The Morgan fingerprint density at radius 2 is 2.10 bits per heavy atom. The van der Waals surface area contributed by atoms with E-state index in [0.717, 1.165) is 22.6 Å². The van der Waals surface area contributed by atoms with Crippen molar-refractivity contribution in [3.8, 4) is 11.6 Å². The van der Waals surface area contributed by atoms with Gasteiger partial charge in [0.25, 0.3) is 0 Å². The second-order valence-corrected chi connectivity index (χ2v) is 4.61. The first-order chi connectivity index (χ1) is 10.2. The Hall–Kier alpha value is -2.27. The molecule has 0 unspecified atom stereocenters. The van der Waals surface area contributed by atoms with Crippen LogP contribution < -0.4 is 14.8 Å². The summed E-state index contributed by atoms with van der Waals surface area (Å²) in [4.78, 5) is 4.16. The van der Waals surface area contributed by atoms with Crippen molar-refractivity contribution in [2.75, 3.05) is 25.6 Å². The van der Waals surface area contributed by atoms with Crippen LogP contribution in [-0.2, 0) is 6.54 Å². The lowest BCUT2D eigenvalue weighted by molar-refractivity contribution is 0.196. The maximum atomic E-state index is 8.68. The Balaban J connectivity index is 1.93. The van der Waals surface area contributed by atoms with Gasteiger partial charge in [0.15, 0.2) is 0 Å². The molecule has 0 aliphatic heterocycles. The van der Waals surface area contributed by atoms with Gasteiger partial charge in [-0.25, -0.2) is 4.98 Å². The van der Waals surface area contributed by atoms with Crippen LogP contribution in [0, 0.1) is 6.92 Å². The highest BCUT2D eigenvalue weighted by Gasteiger charge is 2.01. The minimum Gasteiger partial charge on any atom is -0.496 e. The van der Waals surface area contributed by atoms with Gasteiger partial charge >= 0.3 is 0 Å². The normalized spacial score (nSPS) is 10.2. The van der Waals surface area contributed by atoms with Crippen molar-refractivity contribution >= 4 is 5.69 Å². The van der Waals surface area contributed by atoms with Gasteiger partial charge in [0.1, 0.15) is 12.4 Å². The van der Waals surface area contributed by atoms with Gasteiger partial charge in [-0.1, -0.05) is 12.1 Å². The molecule has 0 atom stereocenters. The lowest BCUT2D eigenvalue weighted by atomic mass is 10.1. The molecule has 0 spiro atoms. The number of benzene rings is 1. The van der Waals surface area contributed by atoms with Gasteiger partial charge in [0, 0.05) is 12.6 Å². The van der Waals surface area contributed by atoms with Gasteiger partial charge in [-0.3, -0.25) is 0 Å². The zero-order valence-electron chi connectivity index (χ0n) is 12.3. The van der Waals surface area contributed by atoms with Gasteiger partial charge in [0.2, 0.25) is 5.88 Å². The maximum absolute atomic E-state index is 8.68. The number of aromatic nitrogens is 1. The van der Waals surface area contributed by atoms with Crippen LogP contribution in [-0.4, -0.2) is 30.4 Å². The van der Waals surface area contributed by atoms with Crippen LogP contribution in [0.1, 0.15) is 11.1 Å². The van der Waals surface area contributed by atoms with E-state index in [0.29, 0.717) is 12.4 Å². The van der Waals surface area contributed by atoms with Gasteiger partial charge in [0.05, 0.1) is 25.6 Å². The summed E-state index contributed by atoms with van der Waals surface area (Å²) in [5, 5.41) is 12.0. The van der Waals surface area contributed by atoms with E-state index in [1.165, 1.54) is 0 Å². The number of anilines is 1. The van der Waals surface area contributed by atoms with Gasteiger partial charge in [-0.2, -0.15) is 0 Å². The Labute approximate surface area is 124 Å². The zero-order chi connectivity index (χ0) is 15.1. The Morgan fingerprint density at radius 1 is 1.24 bits per heavy atom. The van der Waals surface area contributed by atoms with E-state index in [4.69, 9.17) is 14.6 Å². The summed E-state index contributed by atoms with van der Waals surface area (Å²) in [7, 11) is 1.68. The average molecular weight is 288 g/mol. The maximum Gasteiger partial charge on any atom is 0.213 e. The van der Waals surface area contributed by atoms with Crippen LogP contribution in [0.15, 0.2) is 36.5 Å². The largest absolute Gasteiger partial charge is 0.496 e. The van der Waals surface area contributed by atoms with Crippen molar-refractivity contribution in [3.63, 3.8) is 0 Å². The van der Waals surface area contributed by atoms with Crippen LogP contribution in [0.3, 0.4) is 0 Å². The van der Waals surface area contributed by atoms with Crippen LogP contribution >= 0.6 is 0 Å². The number of nitrogens with zero attached hydrogens (tertiary/aromatic N) is 1. The number of rotatable bonds is 7. The molecule has 0 amide bonds. The summed E-state index contributed by atoms with van der Waals surface area (Å²) in [5.41, 5.74) is 3.16. The third kappa shape index (κ3) is 4.36. The van der Waals surface area contributed by atoms with Crippen molar-refractivity contribution in [1.82, 2.24) is 4.98 Å². The van der Waals surface area contributed by atoms with Crippen LogP contribution in [0.4, 0.5) is 5.69 Å².